The van der Waals surface area contributed by atoms with Crippen molar-refractivity contribution in [3.8, 4) is 28.4 Å². The molecule has 5 rings (SSSR count). The summed E-state index contributed by atoms with van der Waals surface area (Å²) in [5, 5.41) is 7.11. The fourth-order valence-corrected chi connectivity index (χ4v) is 3.47. The minimum Gasteiger partial charge on any atom is -0.491 e. The number of carbonyl (C=O) groups excluding carboxylic acids is 1. The molecule has 1 amide bonds. The van der Waals surface area contributed by atoms with E-state index in [-0.39, 0.29) is 24.6 Å². The summed E-state index contributed by atoms with van der Waals surface area (Å²) in [4.78, 5) is 17.0. The van der Waals surface area contributed by atoms with E-state index in [0.29, 0.717) is 17.1 Å². The average molecular weight is 430 g/mol. The minimum absolute atomic E-state index is 0.0984. The van der Waals surface area contributed by atoms with E-state index in [2.05, 4.69) is 15.4 Å². The Bertz CT molecular complexity index is 1280. The van der Waals surface area contributed by atoms with Gasteiger partial charge >= 0.3 is 0 Å². The maximum atomic E-state index is 12.6. The topological polar surface area (TPSA) is 87.0 Å². The molecule has 3 heterocycles. The predicted molar refractivity (Wildman–Crippen MR) is 119 cm³/mol. The minimum atomic E-state index is -0.782. The van der Waals surface area contributed by atoms with Crippen molar-refractivity contribution in [1.82, 2.24) is 14.6 Å². The number of ether oxygens (including phenoxy) is 3. The summed E-state index contributed by atoms with van der Waals surface area (Å²) in [5.41, 5.74) is 2.57. The number of anilines is 1. The highest BCUT2D eigenvalue weighted by Crippen LogP contribution is 2.31. The molecule has 8 heteroatoms. The first-order valence-corrected chi connectivity index (χ1v) is 10.4. The fraction of sp³-hybridized carbons (Fsp3) is 0.208. The largest absolute Gasteiger partial charge is 0.491 e. The zero-order valence-corrected chi connectivity index (χ0v) is 17.7. The van der Waals surface area contributed by atoms with Crippen LogP contribution < -0.4 is 19.5 Å². The Labute approximate surface area is 184 Å². The summed E-state index contributed by atoms with van der Waals surface area (Å²) >= 11 is 0. The highest BCUT2D eigenvalue weighted by molar-refractivity contribution is 5.93. The molecule has 0 fully saturated rings. The standard InChI is InChI=1S/C24H22N4O4/c1-15(2)31-18-7-5-6-16(12-18)17-10-11-22-25-24(27-28(22)13-17)26-23(29)21-14-30-19-8-3-4-9-20(19)32-21/h3-13,15,21H,14H2,1-2H3,(H,26,27,29)/t21-/m1/s1. The zero-order valence-electron chi connectivity index (χ0n) is 17.7. The van der Waals surface area contributed by atoms with Crippen LogP contribution >= 0.6 is 0 Å². The lowest BCUT2D eigenvalue weighted by Crippen LogP contribution is -2.40. The second-order valence-corrected chi connectivity index (χ2v) is 7.70. The number of pyridine rings is 1. The van der Waals surface area contributed by atoms with Gasteiger partial charge in [-0.2, -0.15) is 4.98 Å². The molecule has 1 N–H and O–H groups in total. The zero-order chi connectivity index (χ0) is 22.1. The number of nitrogens with one attached hydrogen (secondary N) is 1. The number of benzene rings is 2. The number of fused-ring (bicyclic) bond motifs is 2. The van der Waals surface area contributed by atoms with Crippen LogP contribution in [0.25, 0.3) is 16.8 Å². The molecule has 1 aliphatic heterocycles. The monoisotopic (exact) mass is 430 g/mol. The number of hydrogen-bond acceptors (Lipinski definition) is 6. The molecule has 162 valence electrons. The molecule has 2 aromatic heterocycles. The fourth-order valence-electron chi connectivity index (χ4n) is 3.47. The van der Waals surface area contributed by atoms with E-state index in [9.17, 15) is 4.79 Å². The van der Waals surface area contributed by atoms with Crippen LogP contribution in [0.4, 0.5) is 5.95 Å². The van der Waals surface area contributed by atoms with Gasteiger partial charge in [0.25, 0.3) is 5.91 Å². The third-order valence-corrected chi connectivity index (χ3v) is 4.91. The van der Waals surface area contributed by atoms with Gasteiger partial charge < -0.3 is 14.2 Å². The van der Waals surface area contributed by atoms with Gasteiger partial charge in [-0.25, -0.2) is 4.52 Å². The molecule has 2 aromatic carbocycles. The first kappa shape index (κ1) is 19.9. The third-order valence-electron chi connectivity index (χ3n) is 4.91. The van der Waals surface area contributed by atoms with Crippen molar-refractivity contribution < 1.29 is 19.0 Å². The lowest BCUT2D eigenvalue weighted by Gasteiger charge is -2.25. The molecule has 0 bridgehead atoms. The Morgan fingerprint density at radius 1 is 1.09 bits per heavy atom. The van der Waals surface area contributed by atoms with Gasteiger partial charge in [0.15, 0.2) is 17.1 Å². The summed E-state index contributed by atoms with van der Waals surface area (Å²) in [7, 11) is 0. The van der Waals surface area contributed by atoms with E-state index in [0.717, 1.165) is 16.9 Å². The molecular weight excluding hydrogens is 408 g/mol. The summed E-state index contributed by atoms with van der Waals surface area (Å²) in [6.07, 6.45) is 1.18. The second-order valence-electron chi connectivity index (χ2n) is 7.70. The lowest BCUT2D eigenvalue weighted by molar-refractivity contribution is -0.125. The molecular formula is C24H22N4O4. The Hall–Kier alpha value is -4.07. The molecule has 0 saturated carbocycles. The van der Waals surface area contributed by atoms with E-state index in [4.69, 9.17) is 14.2 Å². The molecule has 8 nitrogen and oxygen atoms in total. The molecule has 1 atom stereocenters. The second kappa shape index (κ2) is 8.22. The average Bonchev–Trinajstić information content (AvgIpc) is 3.20. The van der Waals surface area contributed by atoms with Crippen LogP contribution in [0.1, 0.15) is 13.8 Å². The molecule has 32 heavy (non-hydrogen) atoms. The number of hydrogen-bond donors (Lipinski definition) is 1. The summed E-state index contributed by atoms with van der Waals surface area (Å²) in [6, 6.07) is 18.9. The predicted octanol–water partition coefficient (Wildman–Crippen LogP) is 3.96. The Balaban J connectivity index is 1.33. The number of rotatable bonds is 5. The number of para-hydroxylation sites is 2. The van der Waals surface area contributed by atoms with Crippen LogP contribution in [0.3, 0.4) is 0 Å². The smallest absolute Gasteiger partial charge is 0.271 e. The van der Waals surface area contributed by atoms with Gasteiger partial charge in [0.05, 0.1) is 6.10 Å². The summed E-state index contributed by atoms with van der Waals surface area (Å²) in [5.74, 6) is 1.80. The maximum absolute atomic E-state index is 12.6. The highest BCUT2D eigenvalue weighted by atomic mass is 16.6. The van der Waals surface area contributed by atoms with Crippen molar-refractivity contribution in [2.45, 2.75) is 26.1 Å². The van der Waals surface area contributed by atoms with Crippen molar-refractivity contribution >= 4 is 17.5 Å². The van der Waals surface area contributed by atoms with E-state index in [1.165, 1.54) is 0 Å². The highest BCUT2D eigenvalue weighted by Gasteiger charge is 2.28. The van der Waals surface area contributed by atoms with Gasteiger partial charge in [-0.3, -0.25) is 10.1 Å². The van der Waals surface area contributed by atoms with Crippen molar-refractivity contribution in [3.05, 3.63) is 66.9 Å². The van der Waals surface area contributed by atoms with Crippen LogP contribution in [0.5, 0.6) is 17.2 Å². The number of amides is 1. The summed E-state index contributed by atoms with van der Waals surface area (Å²) < 4.78 is 18.8. The third kappa shape index (κ3) is 4.07. The van der Waals surface area contributed by atoms with Crippen LogP contribution in [0.15, 0.2) is 66.9 Å². The van der Waals surface area contributed by atoms with Gasteiger partial charge in [-0.1, -0.05) is 24.3 Å². The van der Waals surface area contributed by atoms with Crippen molar-refractivity contribution in [3.63, 3.8) is 0 Å². The molecule has 0 aliphatic carbocycles. The van der Waals surface area contributed by atoms with E-state index in [1.807, 2.05) is 68.6 Å². The van der Waals surface area contributed by atoms with E-state index in [1.54, 1.807) is 16.6 Å². The molecule has 0 radical (unpaired) electrons. The number of aromatic nitrogens is 3. The van der Waals surface area contributed by atoms with Gasteiger partial charge in [0, 0.05) is 11.8 Å². The number of carbonyl (C=O) groups is 1. The van der Waals surface area contributed by atoms with Gasteiger partial charge in [0.2, 0.25) is 12.1 Å². The first-order chi connectivity index (χ1) is 15.5. The van der Waals surface area contributed by atoms with Gasteiger partial charge in [-0.15, -0.1) is 5.10 Å². The molecule has 0 saturated heterocycles. The summed E-state index contributed by atoms with van der Waals surface area (Å²) in [6.45, 7) is 4.11. The Morgan fingerprint density at radius 2 is 1.94 bits per heavy atom. The van der Waals surface area contributed by atoms with Crippen LogP contribution in [-0.4, -0.2) is 39.3 Å². The van der Waals surface area contributed by atoms with Crippen molar-refractivity contribution in [2.24, 2.45) is 0 Å². The Morgan fingerprint density at radius 3 is 2.78 bits per heavy atom. The van der Waals surface area contributed by atoms with Crippen LogP contribution in [0.2, 0.25) is 0 Å². The maximum Gasteiger partial charge on any atom is 0.271 e. The van der Waals surface area contributed by atoms with Crippen molar-refractivity contribution in [2.75, 3.05) is 11.9 Å². The van der Waals surface area contributed by atoms with E-state index >= 15 is 0 Å². The van der Waals surface area contributed by atoms with Crippen LogP contribution in [0, 0.1) is 0 Å². The Kier molecular flexibility index (Phi) is 5.10. The normalized spacial score (nSPS) is 15.0. The lowest BCUT2D eigenvalue weighted by atomic mass is 10.1. The van der Waals surface area contributed by atoms with Gasteiger partial charge in [0.1, 0.15) is 12.4 Å². The SMILES string of the molecule is CC(C)Oc1cccc(-c2ccc3nc(NC(=O)[C@H]4COc5ccccc5O4)nn3c2)c1. The molecule has 0 spiro atoms. The quantitative estimate of drug-likeness (QED) is 0.516. The number of nitrogens with zero attached hydrogens (tertiary/aromatic N) is 3. The first-order valence-electron chi connectivity index (χ1n) is 10.4. The molecule has 0 unspecified atom stereocenters. The molecule has 1 aliphatic rings. The van der Waals surface area contributed by atoms with Crippen LogP contribution in [-0.2, 0) is 4.79 Å². The van der Waals surface area contributed by atoms with E-state index < -0.39 is 6.10 Å². The molecule has 4 aromatic rings. The van der Waals surface area contributed by atoms with Crippen molar-refractivity contribution in [1.29, 1.82) is 0 Å². The van der Waals surface area contributed by atoms with Gasteiger partial charge in [-0.05, 0) is 55.8 Å².